The summed E-state index contributed by atoms with van der Waals surface area (Å²) in [4.78, 5) is 20.3. The van der Waals surface area contributed by atoms with E-state index >= 15 is 0 Å². The topological polar surface area (TPSA) is 63.7 Å². The Hall–Kier alpha value is -2.93. The molecule has 6 nitrogen and oxygen atoms in total. The molecule has 202 valence electrons. The third kappa shape index (κ3) is 7.34. The third-order valence-electron chi connectivity index (χ3n) is 6.89. The van der Waals surface area contributed by atoms with Gasteiger partial charge in [-0.15, -0.1) is 0 Å². The minimum atomic E-state index is -0.135. The highest BCUT2D eigenvalue weighted by atomic mass is 35.5. The molecule has 0 saturated heterocycles. The largest absolute Gasteiger partial charge is 0.492 e. The Morgan fingerprint density at radius 1 is 1.05 bits per heavy atom. The average Bonchev–Trinajstić information content (AvgIpc) is 2.93. The molecule has 3 aromatic rings. The van der Waals surface area contributed by atoms with Gasteiger partial charge in [-0.1, -0.05) is 61.2 Å². The molecule has 1 aromatic heterocycles. The van der Waals surface area contributed by atoms with Gasteiger partial charge in [-0.05, 0) is 68.8 Å². The molecule has 1 aliphatic rings. The number of methoxy groups -OCH3 is 1. The Labute approximate surface area is 231 Å². The zero-order chi connectivity index (χ0) is 26.9. The zero-order valence-corrected chi connectivity index (χ0v) is 23.4. The summed E-state index contributed by atoms with van der Waals surface area (Å²) in [6.45, 7) is 1.96. The van der Waals surface area contributed by atoms with Crippen LogP contribution in [0.3, 0.4) is 0 Å². The molecule has 1 amide bonds. The van der Waals surface area contributed by atoms with Crippen molar-refractivity contribution in [2.75, 3.05) is 34.4 Å². The number of carbonyl (C=O) groups is 1. The number of carbonyl (C=O) groups excluding carboxylic acids is 1. The molecular formula is C31H38ClN3O3. The van der Waals surface area contributed by atoms with Crippen molar-refractivity contribution in [2.24, 2.45) is 0 Å². The normalized spacial score (nSPS) is 14.0. The van der Waals surface area contributed by atoms with Crippen molar-refractivity contribution in [1.29, 1.82) is 0 Å². The summed E-state index contributed by atoms with van der Waals surface area (Å²) < 4.78 is 11.5. The van der Waals surface area contributed by atoms with Crippen molar-refractivity contribution in [3.63, 3.8) is 0 Å². The van der Waals surface area contributed by atoms with Gasteiger partial charge < -0.3 is 19.7 Å². The molecule has 1 aliphatic carbocycles. The first kappa shape index (κ1) is 28.1. The maximum absolute atomic E-state index is 13.2. The molecule has 7 heteroatoms. The highest BCUT2D eigenvalue weighted by Gasteiger charge is 2.20. The van der Waals surface area contributed by atoms with Crippen LogP contribution in [0.2, 0.25) is 5.02 Å². The van der Waals surface area contributed by atoms with Gasteiger partial charge in [-0.25, -0.2) is 4.98 Å². The van der Waals surface area contributed by atoms with E-state index in [4.69, 9.17) is 26.1 Å². The molecule has 2 aromatic carbocycles. The van der Waals surface area contributed by atoms with Crippen LogP contribution in [0.4, 0.5) is 0 Å². The molecule has 0 aliphatic heterocycles. The van der Waals surface area contributed by atoms with E-state index < -0.39 is 0 Å². The second kappa shape index (κ2) is 13.7. The Morgan fingerprint density at radius 3 is 2.61 bits per heavy atom. The van der Waals surface area contributed by atoms with Crippen molar-refractivity contribution >= 4 is 17.5 Å². The van der Waals surface area contributed by atoms with E-state index in [1.54, 1.807) is 7.11 Å². The lowest BCUT2D eigenvalue weighted by atomic mass is 9.94. The Balaban J connectivity index is 1.71. The predicted octanol–water partition coefficient (Wildman–Crippen LogP) is 6.61. The number of nitrogens with zero attached hydrogens (tertiary/aromatic N) is 2. The molecule has 0 bridgehead atoms. The van der Waals surface area contributed by atoms with Gasteiger partial charge in [0.15, 0.2) is 0 Å². The number of halogens is 1. The summed E-state index contributed by atoms with van der Waals surface area (Å²) >= 11 is 6.50. The second-order valence-corrected chi connectivity index (χ2v) is 10.5. The van der Waals surface area contributed by atoms with Crippen molar-refractivity contribution in [3.8, 4) is 28.1 Å². The third-order valence-corrected chi connectivity index (χ3v) is 7.20. The van der Waals surface area contributed by atoms with Crippen LogP contribution in [0, 0.1) is 0 Å². The average molecular weight is 536 g/mol. The standard InChI is InChI=1S/C31H38ClN3O3/c1-35(2)18-9-19-38-29-20-22(14-16-27(29)32)30-26(25-13-8-7-10-23(25)21-37-3)15-17-28(34-30)31(36)33-24-11-5-4-6-12-24/h7-8,10,13-17,20,24H,4-6,9,11-12,18-19,21H2,1-3H3,(H,33,36). The minimum absolute atomic E-state index is 0.135. The van der Waals surface area contributed by atoms with Gasteiger partial charge in [0.25, 0.3) is 5.91 Å². The summed E-state index contributed by atoms with van der Waals surface area (Å²) in [5.41, 5.74) is 4.94. The van der Waals surface area contributed by atoms with Crippen LogP contribution in [0.15, 0.2) is 54.6 Å². The summed E-state index contributed by atoms with van der Waals surface area (Å²) in [5.74, 6) is 0.474. The van der Waals surface area contributed by atoms with E-state index in [1.165, 1.54) is 6.42 Å². The van der Waals surface area contributed by atoms with Gasteiger partial charge >= 0.3 is 0 Å². The summed E-state index contributed by atoms with van der Waals surface area (Å²) in [7, 11) is 5.77. The lowest BCUT2D eigenvalue weighted by Crippen LogP contribution is -2.36. The highest BCUT2D eigenvalue weighted by Crippen LogP contribution is 2.37. The maximum Gasteiger partial charge on any atom is 0.270 e. The van der Waals surface area contributed by atoms with Crippen LogP contribution < -0.4 is 10.1 Å². The van der Waals surface area contributed by atoms with E-state index in [2.05, 4.69) is 16.3 Å². The van der Waals surface area contributed by atoms with Crippen molar-refractivity contribution in [1.82, 2.24) is 15.2 Å². The molecule has 1 saturated carbocycles. The fourth-order valence-corrected chi connectivity index (χ4v) is 5.09. The first-order valence-corrected chi connectivity index (χ1v) is 13.8. The number of amides is 1. The molecule has 38 heavy (non-hydrogen) atoms. The zero-order valence-electron chi connectivity index (χ0n) is 22.6. The van der Waals surface area contributed by atoms with Crippen LogP contribution in [0.1, 0.15) is 54.6 Å². The molecule has 0 unspecified atom stereocenters. The fourth-order valence-electron chi connectivity index (χ4n) is 4.92. The number of pyridine rings is 1. The summed E-state index contributed by atoms with van der Waals surface area (Å²) in [5, 5.41) is 3.74. The number of benzene rings is 2. The Morgan fingerprint density at radius 2 is 1.84 bits per heavy atom. The van der Waals surface area contributed by atoms with Gasteiger partial charge in [0, 0.05) is 30.8 Å². The second-order valence-electron chi connectivity index (χ2n) is 10.1. The maximum atomic E-state index is 13.2. The molecule has 0 radical (unpaired) electrons. The molecule has 0 spiro atoms. The van der Waals surface area contributed by atoms with E-state index in [1.807, 2.05) is 62.6 Å². The number of nitrogens with one attached hydrogen (secondary N) is 1. The number of hydrogen-bond acceptors (Lipinski definition) is 5. The Bertz CT molecular complexity index is 1220. The van der Waals surface area contributed by atoms with Crippen LogP contribution in [0.25, 0.3) is 22.4 Å². The van der Waals surface area contributed by atoms with Crippen LogP contribution in [-0.2, 0) is 11.3 Å². The quantitative estimate of drug-likeness (QED) is 0.280. The molecule has 4 rings (SSSR count). The van der Waals surface area contributed by atoms with Gasteiger partial charge in [0.1, 0.15) is 11.4 Å². The number of aromatic nitrogens is 1. The monoisotopic (exact) mass is 535 g/mol. The lowest BCUT2D eigenvalue weighted by Gasteiger charge is -2.23. The van der Waals surface area contributed by atoms with Crippen LogP contribution >= 0.6 is 11.6 Å². The van der Waals surface area contributed by atoms with Crippen molar-refractivity contribution in [3.05, 3.63) is 70.9 Å². The van der Waals surface area contributed by atoms with Crippen molar-refractivity contribution in [2.45, 2.75) is 51.2 Å². The van der Waals surface area contributed by atoms with Crippen molar-refractivity contribution < 1.29 is 14.3 Å². The molecule has 1 fully saturated rings. The Kier molecular flexibility index (Phi) is 10.2. The lowest BCUT2D eigenvalue weighted by molar-refractivity contribution is 0.0923. The first-order chi connectivity index (χ1) is 18.5. The SMILES string of the molecule is COCc1ccccc1-c1ccc(C(=O)NC2CCCCC2)nc1-c1ccc(Cl)c(OCCCN(C)C)c1. The smallest absolute Gasteiger partial charge is 0.270 e. The number of rotatable bonds is 11. The number of hydrogen-bond donors (Lipinski definition) is 1. The highest BCUT2D eigenvalue weighted by molar-refractivity contribution is 6.32. The predicted molar refractivity (Wildman–Crippen MR) is 154 cm³/mol. The molecule has 0 atom stereocenters. The van der Waals surface area contributed by atoms with Gasteiger partial charge in [0.2, 0.25) is 0 Å². The number of ether oxygens (including phenoxy) is 2. The van der Waals surface area contributed by atoms with Gasteiger partial charge in [-0.3, -0.25) is 4.79 Å². The van der Waals surface area contributed by atoms with E-state index in [0.717, 1.165) is 60.9 Å². The summed E-state index contributed by atoms with van der Waals surface area (Å²) in [6, 6.07) is 17.8. The summed E-state index contributed by atoms with van der Waals surface area (Å²) in [6.07, 6.45) is 6.47. The molecular weight excluding hydrogens is 498 g/mol. The minimum Gasteiger partial charge on any atom is -0.492 e. The van der Waals surface area contributed by atoms with Crippen LogP contribution in [0.5, 0.6) is 5.75 Å². The van der Waals surface area contributed by atoms with E-state index in [9.17, 15) is 4.79 Å². The molecule has 1 heterocycles. The molecule has 1 N–H and O–H groups in total. The van der Waals surface area contributed by atoms with Gasteiger partial charge in [0.05, 0.1) is 23.9 Å². The van der Waals surface area contributed by atoms with E-state index in [0.29, 0.717) is 35.4 Å². The van der Waals surface area contributed by atoms with E-state index in [-0.39, 0.29) is 11.9 Å². The van der Waals surface area contributed by atoms with Crippen LogP contribution in [-0.4, -0.2) is 56.2 Å². The van der Waals surface area contributed by atoms with Gasteiger partial charge in [-0.2, -0.15) is 0 Å². The first-order valence-electron chi connectivity index (χ1n) is 13.4. The fraction of sp³-hybridized carbons (Fsp3) is 0.419.